The highest BCUT2D eigenvalue weighted by atomic mass is 35.5. The van der Waals surface area contributed by atoms with Crippen LogP contribution in [0.2, 0.25) is 5.02 Å². The third kappa shape index (κ3) is 4.92. The zero-order valence-corrected chi connectivity index (χ0v) is 25.7. The van der Waals surface area contributed by atoms with Gasteiger partial charge in [-0.1, -0.05) is 41.9 Å². The van der Waals surface area contributed by atoms with Crippen molar-refractivity contribution in [2.75, 3.05) is 38.6 Å². The Labute approximate surface area is 256 Å². The molecule has 2 saturated heterocycles. The Morgan fingerprint density at radius 1 is 1.26 bits per heavy atom. The Morgan fingerprint density at radius 3 is 2.70 bits per heavy atom. The first-order chi connectivity index (χ1) is 20.6. The zero-order chi connectivity index (χ0) is 30.6. The molecule has 10 heteroatoms. The molecule has 0 N–H and O–H groups in total. The number of aromatic nitrogens is 3. The quantitative estimate of drug-likeness (QED) is 0.251. The molecule has 4 heterocycles. The second-order valence-electron chi connectivity index (χ2n) is 12.0. The van der Waals surface area contributed by atoms with E-state index in [-0.39, 0.29) is 29.9 Å². The molecular weight excluding hydrogens is 565 g/mol. The van der Waals surface area contributed by atoms with Crippen LogP contribution in [0.1, 0.15) is 36.4 Å². The fourth-order valence-corrected chi connectivity index (χ4v) is 6.92. The predicted molar refractivity (Wildman–Crippen MR) is 169 cm³/mol. The van der Waals surface area contributed by atoms with Crippen molar-refractivity contribution in [2.45, 2.75) is 51.2 Å². The third-order valence-electron chi connectivity index (χ3n) is 9.08. The molecule has 0 radical (unpaired) electrons. The van der Waals surface area contributed by atoms with Crippen molar-refractivity contribution in [3.8, 4) is 17.2 Å². The molecular formula is C33H35ClFN7O. The van der Waals surface area contributed by atoms with E-state index in [1.807, 2.05) is 38.1 Å². The second-order valence-corrected chi connectivity index (χ2v) is 12.4. The maximum atomic E-state index is 16.7. The number of amides is 1. The van der Waals surface area contributed by atoms with Gasteiger partial charge in [-0.25, -0.2) is 14.4 Å². The summed E-state index contributed by atoms with van der Waals surface area (Å²) < 4.78 is 18.8. The number of nitrogens with zero attached hydrogens (tertiary/aromatic N) is 7. The minimum atomic E-state index is -0.455. The molecule has 2 unspecified atom stereocenters. The Balaban J connectivity index is 1.54. The molecule has 4 aromatic rings. The SMILES string of the molecule is C=CC(=O)N1CCC(n2cnc3c(N4CC(N(C)C)C4)nc4c(F)c(-c5ccc(C)cc5C)c(Cl)cc4c32)CC1CC#N. The summed E-state index contributed by atoms with van der Waals surface area (Å²) in [6.07, 6.45) is 4.54. The van der Waals surface area contributed by atoms with Gasteiger partial charge >= 0.3 is 0 Å². The van der Waals surface area contributed by atoms with Crippen molar-refractivity contribution in [2.24, 2.45) is 0 Å². The average molecular weight is 600 g/mol. The fraction of sp³-hybridized carbons (Fsp3) is 0.394. The van der Waals surface area contributed by atoms with Crippen LogP contribution in [0.3, 0.4) is 0 Å². The van der Waals surface area contributed by atoms with Gasteiger partial charge in [-0.2, -0.15) is 5.26 Å². The lowest BCUT2D eigenvalue weighted by atomic mass is 9.94. The molecule has 6 rings (SSSR count). The number of likely N-dealkylation sites (N-methyl/N-ethyl adjacent to an activating group) is 1. The van der Waals surface area contributed by atoms with Crippen LogP contribution in [0, 0.1) is 31.0 Å². The second kappa shape index (κ2) is 11.3. The average Bonchev–Trinajstić information content (AvgIpc) is 3.39. The predicted octanol–water partition coefficient (Wildman–Crippen LogP) is 6.04. The zero-order valence-electron chi connectivity index (χ0n) is 24.9. The van der Waals surface area contributed by atoms with Crippen LogP contribution in [0.15, 0.2) is 43.2 Å². The number of carbonyl (C=O) groups excluding carboxylic acids is 1. The number of pyridine rings is 1. The van der Waals surface area contributed by atoms with Crippen molar-refractivity contribution >= 4 is 45.3 Å². The molecule has 222 valence electrons. The molecule has 0 saturated carbocycles. The number of carbonyl (C=O) groups is 1. The summed E-state index contributed by atoms with van der Waals surface area (Å²) in [6.45, 7) is 9.61. The molecule has 2 aromatic heterocycles. The number of anilines is 1. The number of fused-ring (bicyclic) bond motifs is 3. The van der Waals surface area contributed by atoms with E-state index in [4.69, 9.17) is 21.6 Å². The number of imidazole rings is 1. The Bertz CT molecular complexity index is 1800. The van der Waals surface area contributed by atoms with Crippen LogP contribution >= 0.6 is 11.6 Å². The number of halogens is 2. The number of aryl methyl sites for hydroxylation is 2. The molecule has 2 atom stereocenters. The van der Waals surface area contributed by atoms with Gasteiger partial charge in [0.1, 0.15) is 11.0 Å². The highest BCUT2D eigenvalue weighted by Gasteiger charge is 2.35. The summed E-state index contributed by atoms with van der Waals surface area (Å²) in [5.41, 5.74) is 4.83. The maximum absolute atomic E-state index is 16.7. The van der Waals surface area contributed by atoms with Gasteiger partial charge in [-0.05, 0) is 64.1 Å². The normalized spacial score (nSPS) is 19.2. The number of piperidine rings is 1. The molecule has 43 heavy (non-hydrogen) atoms. The molecule has 0 spiro atoms. The molecule has 0 bridgehead atoms. The number of hydrogen-bond acceptors (Lipinski definition) is 6. The molecule has 2 fully saturated rings. The Kier molecular flexibility index (Phi) is 7.61. The van der Waals surface area contributed by atoms with Gasteiger partial charge in [0.25, 0.3) is 0 Å². The summed E-state index contributed by atoms with van der Waals surface area (Å²) in [5.74, 6) is 0.0240. The molecule has 0 aliphatic carbocycles. The van der Waals surface area contributed by atoms with E-state index < -0.39 is 5.82 Å². The number of hydrogen-bond donors (Lipinski definition) is 0. The van der Waals surface area contributed by atoms with E-state index >= 15 is 4.39 Å². The third-order valence-corrected chi connectivity index (χ3v) is 9.38. The van der Waals surface area contributed by atoms with E-state index in [0.717, 1.165) is 35.3 Å². The number of likely N-dealkylation sites (tertiary alicyclic amines) is 1. The van der Waals surface area contributed by atoms with Gasteiger partial charge in [0, 0.05) is 48.7 Å². The molecule has 1 amide bonds. The minimum absolute atomic E-state index is 0.0533. The van der Waals surface area contributed by atoms with Crippen molar-refractivity contribution < 1.29 is 9.18 Å². The molecule has 8 nitrogen and oxygen atoms in total. The van der Waals surface area contributed by atoms with Gasteiger partial charge in [0.05, 0.1) is 29.4 Å². The first-order valence-corrected chi connectivity index (χ1v) is 15.0. The van der Waals surface area contributed by atoms with Crippen LogP contribution in [0.5, 0.6) is 0 Å². The highest BCUT2D eigenvalue weighted by molar-refractivity contribution is 6.34. The topological polar surface area (TPSA) is 81.3 Å². The van der Waals surface area contributed by atoms with E-state index in [0.29, 0.717) is 52.7 Å². The van der Waals surface area contributed by atoms with Crippen LogP contribution in [0.25, 0.3) is 33.1 Å². The van der Waals surface area contributed by atoms with Gasteiger partial charge in [0.15, 0.2) is 11.6 Å². The van der Waals surface area contributed by atoms with Crippen molar-refractivity contribution in [3.63, 3.8) is 0 Å². The molecule has 2 aliphatic rings. The lowest BCUT2D eigenvalue weighted by Gasteiger charge is -2.43. The van der Waals surface area contributed by atoms with Gasteiger partial charge in [-0.15, -0.1) is 0 Å². The number of nitriles is 1. The van der Waals surface area contributed by atoms with Gasteiger partial charge < -0.3 is 19.3 Å². The summed E-state index contributed by atoms with van der Waals surface area (Å²) in [7, 11) is 4.11. The van der Waals surface area contributed by atoms with Crippen molar-refractivity contribution in [1.82, 2.24) is 24.3 Å². The lowest BCUT2D eigenvalue weighted by Crippen LogP contribution is -2.57. The van der Waals surface area contributed by atoms with Crippen LogP contribution in [-0.4, -0.2) is 76.1 Å². The van der Waals surface area contributed by atoms with Gasteiger partial charge in [0.2, 0.25) is 5.91 Å². The summed E-state index contributed by atoms with van der Waals surface area (Å²) >= 11 is 6.89. The Hall–Kier alpha value is -4.00. The standard InChI is InChI=1S/C33H35ClFN7O/c1-6-27(43)41-12-10-22(14-21(41)9-11-36)42-18-37-31-32(42)25-15-26(34)28(24-8-7-19(2)13-20(24)3)29(35)30(25)38-33(31)40-16-23(17-40)39(4)5/h6-8,13,15,18,21-23H,1,9-10,12,14,16-17H2,2-5H3. The van der Waals surface area contributed by atoms with E-state index in [2.05, 4.69) is 41.1 Å². The van der Waals surface area contributed by atoms with Crippen molar-refractivity contribution in [1.29, 1.82) is 5.26 Å². The van der Waals surface area contributed by atoms with E-state index in [1.54, 1.807) is 11.2 Å². The summed E-state index contributed by atoms with van der Waals surface area (Å²) in [4.78, 5) is 28.4. The van der Waals surface area contributed by atoms with Crippen LogP contribution < -0.4 is 4.90 Å². The highest BCUT2D eigenvalue weighted by Crippen LogP contribution is 2.43. The maximum Gasteiger partial charge on any atom is 0.246 e. The van der Waals surface area contributed by atoms with Crippen LogP contribution in [-0.2, 0) is 4.79 Å². The number of rotatable bonds is 6. The summed E-state index contributed by atoms with van der Waals surface area (Å²) in [6, 6.07) is 10.0. The smallest absolute Gasteiger partial charge is 0.246 e. The Morgan fingerprint density at radius 2 is 2.02 bits per heavy atom. The first-order valence-electron chi connectivity index (χ1n) is 14.6. The first kappa shape index (κ1) is 29.1. The van der Waals surface area contributed by atoms with Crippen LogP contribution in [0.4, 0.5) is 10.2 Å². The van der Waals surface area contributed by atoms with E-state index in [1.165, 1.54) is 6.08 Å². The lowest BCUT2D eigenvalue weighted by molar-refractivity contribution is -0.130. The summed E-state index contributed by atoms with van der Waals surface area (Å²) in [5, 5.41) is 10.4. The molecule has 2 aliphatic heterocycles. The number of benzene rings is 2. The minimum Gasteiger partial charge on any atom is -0.351 e. The monoisotopic (exact) mass is 599 g/mol. The van der Waals surface area contributed by atoms with Crippen molar-refractivity contribution in [3.05, 3.63) is 65.2 Å². The largest absolute Gasteiger partial charge is 0.351 e. The molecule has 2 aromatic carbocycles. The fourth-order valence-electron chi connectivity index (χ4n) is 6.63. The van der Waals surface area contributed by atoms with Gasteiger partial charge in [-0.3, -0.25) is 4.79 Å². The van der Waals surface area contributed by atoms with E-state index in [9.17, 15) is 10.1 Å².